The molecule has 0 unspecified atom stereocenters. The lowest BCUT2D eigenvalue weighted by Gasteiger charge is -2.28. The number of hydrogen-bond acceptors (Lipinski definition) is 6. The summed E-state index contributed by atoms with van der Waals surface area (Å²) in [6.45, 7) is 3.14. The quantitative estimate of drug-likeness (QED) is 0.466. The van der Waals surface area contributed by atoms with Gasteiger partial charge in [-0.2, -0.15) is 4.31 Å². The molecule has 2 atom stereocenters. The second-order valence-corrected chi connectivity index (χ2v) is 10.3. The van der Waals surface area contributed by atoms with Crippen molar-refractivity contribution < 1.29 is 37.8 Å². The van der Waals surface area contributed by atoms with Crippen LogP contribution in [0.3, 0.4) is 0 Å². The number of ether oxygens (including phenoxy) is 1. The van der Waals surface area contributed by atoms with Gasteiger partial charge in [-0.3, -0.25) is 14.4 Å². The zero-order chi connectivity index (χ0) is 25.1. The molecule has 2 aliphatic rings. The number of hydrogen-bond donors (Lipinski definition) is 2. The molecule has 182 valence electrons. The van der Waals surface area contributed by atoms with Gasteiger partial charge in [-0.1, -0.05) is 48.0 Å². The second kappa shape index (κ2) is 9.94. The number of carbonyl (C=O) groups is 3. The van der Waals surface area contributed by atoms with Crippen LogP contribution < -0.4 is 0 Å². The van der Waals surface area contributed by atoms with Crippen molar-refractivity contribution in [2.45, 2.75) is 50.2 Å². The molecule has 2 fully saturated rings. The Kier molecular flexibility index (Phi) is 7.42. The van der Waals surface area contributed by atoms with E-state index < -0.39 is 45.5 Å². The highest BCUT2D eigenvalue weighted by Crippen LogP contribution is 2.48. The van der Waals surface area contributed by atoms with Crippen molar-refractivity contribution in [2.24, 2.45) is 5.41 Å². The third-order valence-corrected chi connectivity index (χ3v) is 7.77. The van der Waals surface area contributed by atoms with Gasteiger partial charge in [-0.15, -0.1) is 0 Å². The van der Waals surface area contributed by atoms with E-state index in [1.165, 1.54) is 4.31 Å². The summed E-state index contributed by atoms with van der Waals surface area (Å²) in [5, 5.41) is 16.8. The van der Waals surface area contributed by atoms with E-state index in [2.05, 4.69) is 0 Å². The topological polar surface area (TPSA) is 138 Å². The van der Waals surface area contributed by atoms with Crippen molar-refractivity contribution in [1.82, 2.24) is 4.31 Å². The fourth-order valence-corrected chi connectivity index (χ4v) is 5.54. The van der Waals surface area contributed by atoms with E-state index in [9.17, 15) is 23.1 Å². The summed E-state index contributed by atoms with van der Waals surface area (Å²) in [4.78, 5) is 33.2. The third kappa shape index (κ3) is 5.28. The van der Waals surface area contributed by atoms with Crippen LogP contribution in [-0.2, 0) is 29.1 Å². The predicted molar refractivity (Wildman–Crippen MR) is 121 cm³/mol. The molecule has 2 aromatic carbocycles. The number of carbonyl (C=O) groups excluding carboxylic acids is 1. The molecule has 0 aromatic heterocycles. The first-order chi connectivity index (χ1) is 16.0. The summed E-state index contributed by atoms with van der Waals surface area (Å²) in [7, 11) is -3.83. The lowest BCUT2D eigenvalue weighted by molar-refractivity contribution is -0.165. The highest BCUT2D eigenvalue weighted by molar-refractivity contribution is 7.89. The summed E-state index contributed by atoms with van der Waals surface area (Å²) in [6.07, 6.45) is 0.0355. The Morgan fingerprint density at radius 1 is 1.00 bits per heavy atom. The number of rotatable bonds is 6. The van der Waals surface area contributed by atoms with Gasteiger partial charge in [0, 0.05) is 19.9 Å². The Morgan fingerprint density at radius 2 is 1.56 bits per heavy atom. The van der Waals surface area contributed by atoms with E-state index in [1.54, 1.807) is 48.5 Å². The molecule has 0 spiro atoms. The van der Waals surface area contributed by atoms with Crippen molar-refractivity contribution in [3.8, 4) is 0 Å². The Labute approximate surface area is 198 Å². The fourth-order valence-electron chi connectivity index (χ4n) is 3.89. The smallest absolute Gasteiger partial charge is 0.323 e. The van der Waals surface area contributed by atoms with Gasteiger partial charge >= 0.3 is 11.9 Å². The number of nitrogens with zero attached hydrogens (tertiary/aromatic N) is 1. The number of carboxylic acids is 2. The van der Waals surface area contributed by atoms with Gasteiger partial charge in [0.1, 0.15) is 6.10 Å². The Bertz CT molecular complexity index is 1150. The molecule has 1 saturated heterocycles. The molecule has 0 amide bonds. The molecule has 34 heavy (non-hydrogen) atoms. The van der Waals surface area contributed by atoms with Crippen LogP contribution in [0.25, 0.3) is 0 Å². The number of aliphatic carboxylic acids is 2. The minimum atomic E-state index is -3.83. The van der Waals surface area contributed by atoms with Crippen molar-refractivity contribution in [2.75, 3.05) is 6.54 Å². The standard InChI is InChI=1S/C22H23NO6S.C2H4O2/c1-15-7-9-17(10-8-15)30(27,28)23-14-11-18(19(23)16-5-3-2-4-6-16)29-21(26)22(12-13-22)20(24)25;1-2(3)4/h2-10,18-19H,11-14H2,1H3,(H,24,25);1H3,(H,3,4)/t18-,19+;/m1./s1. The fraction of sp³-hybridized carbons (Fsp3) is 0.375. The molecule has 2 N–H and O–H groups in total. The van der Waals surface area contributed by atoms with E-state index in [0.717, 1.165) is 12.5 Å². The summed E-state index contributed by atoms with van der Waals surface area (Å²) in [6, 6.07) is 14.9. The molecular weight excluding hydrogens is 462 g/mol. The summed E-state index contributed by atoms with van der Waals surface area (Å²) < 4.78 is 33.7. The van der Waals surface area contributed by atoms with Crippen LogP contribution in [0, 0.1) is 12.3 Å². The van der Waals surface area contributed by atoms with Crippen molar-refractivity contribution >= 4 is 27.9 Å². The van der Waals surface area contributed by atoms with Crippen LogP contribution in [0.2, 0.25) is 0 Å². The average Bonchev–Trinajstić information content (AvgIpc) is 3.49. The first kappa shape index (κ1) is 25.4. The van der Waals surface area contributed by atoms with Gasteiger partial charge in [0.05, 0.1) is 10.9 Å². The molecule has 0 radical (unpaired) electrons. The van der Waals surface area contributed by atoms with Gasteiger partial charge in [0.2, 0.25) is 10.0 Å². The van der Waals surface area contributed by atoms with Gasteiger partial charge < -0.3 is 14.9 Å². The van der Waals surface area contributed by atoms with Gasteiger partial charge in [0.15, 0.2) is 5.41 Å². The molecule has 9 nitrogen and oxygen atoms in total. The van der Waals surface area contributed by atoms with Crippen molar-refractivity contribution in [3.05, 3.63) is 65.7 Å². The van der Waals surface area contributed by atoms with Crippen LogP contribution in [-0.4, -0.2) is 53.5 Å². The molecule has 1 heterocycles. The van der Waals surface area contributed by atoms with E-state index in [4.69, 9.17) is 14.6 Å². The lowest BCUT2D eigenvalue weighted by Crippen LogP contribution is -2.37. The first-order valence-electron chi connectivity index (χ1n) is 10.8. The van der Waals surface area contributed by atoms with E-state index >= 15 is 0 Å². The first-order valence-corrected chi connectivity index (χ1v) is 12.2. The minimum absolute atomic E-state index is 0.171. The maximum absolute atomic E-state index is 13.4. The average molecular weight is 490 g/mol. The second-order valence-electron chi connectivity index (χ2n) is 8.42. The van der Waals surface area contributed by atoms with E-state index in [-0.39, 0.29) is 24.3 Å². The highest BCUT2D eigenvalue weighted by Gasteiger charge is 2.60. The molecule has 2 aromatic rings. The minimum Gasteiger partial charge on any atom is -0.481 e. The van der Waals surface area contributed by atoms with Crippen LogP contribution in [0.5, 0.6) is 0 Å². The van der Waals surface area contributed by atoms with Gasteiger partial charge in [-0.25, -0.2) is 8.42 Å². The summed E-state index contributed by atoms with van der Waals surface area (Å²) >= 11 is 0. The largest absolute Gasteiger partial charge is 0.481 e. The number of sulfonamides is 1. The number of aryl methyl sites for hydroxylation is 1. The molecule has 0 bridgehead atoms. The third-order valence-electron chi connectivity index (χ3n) is 5.87. The van der Waals surface area contributed by atoms with E-state index in [0.29, 0.717) is 12.0 Å². The van der Waals surface area contributed by atoms with Gasteiger partial charge in [-0.05, 0) is 37.5 Å². The Morgan fingerprint density at radius 3 is 2.06 bits per heavy atom. The number of benzene rings is 2. The number of esters is 1. The van der Waals surface area contributed by atoms with Gasteiger partial charge in [0.25, 0.3) is 5.97 Å². The molecule has 1 aliphatic carbocycles. The zero-order valence-corrected chi connectivity index (χ0v) is 19.7. The van der Waals surface area contributed by atoms with Crippen LogP contribution in [0.1, 0.15) is 43.4 Å². The van der Waals surface area contributed by atoms with Crippen molar-refractivity contribution in [1.29, 1.82) is 0 Å². The van der Waals surface area contributed by atoms with Crippen LogP contribution >= 0.6 is 0 Å². The Hall–Kier alpha value is -3.24. The van der Waals surface area contributed by atoms with Crippen LogP contribution in [0.4, 0.5) is 0 Å². The highest BCUT2D eigenvalue weighted by atomic mass is 32.2. The Balaban J connectivity index is 0.000000751. The molecule has 1 saturated carbocycles. The summed E-state index contributed by atoms with van der Waals surface area (Å²) in [5.74, 6) is -2.80. The molecular formula is C24H27NO8S. The zero-order valence-electron chi connectivity index (χ0n) is 18.9. The predicted octanol–water partition coefficient (Wildman–Crippen LogP) is 3.00. The van der Waals surface area contributed by atoms with Crippen molar-refractivity contribution in [3.63, 3.8) is 0 Å². The maximum Gasteiger partial charge on any atom is 0.323 e. The number of carboxylic acid groups (broad SMARTS) is 2. The normalized spacial score (nSPS) is 21.1. The molecule has 4 rings (SSSR count). The van der Waals surface area contributed by atoms with Crippen LogP contribution in [0.15, 0.2) is 59.5 Å². The monoisotopic (exact) mass is 489 g/mol. The van der Waals surface area contributed by atoms with E-state index in [1.807, 2.05) is 13.0 Å². The maximum atomic E-state index is 13.4. The lowest BCUT2D eigenvalue weighted by atomic mass is 10.0. The molecule has 1 aliphatic heterocycles. The summed E-state index contributed by atoms with van der Waals surface area (Å²) in [5.41, 5.74) is 0.165. The SMILES string of the molecule is CC(=O)O.Cc1ccc(S(=O)(=O)N2CC[C@@H](OC(=O)C3(C(=O)O)CC3)[C@@H]2c2ccccc2)cc1. The molecule has 10 heteroatoms.